The van der Waals surface area contributed by atoms with E-state index in [1.54, 1.807) is 0 Å². The second-order valence-corrected chi connectivity index (χ2v) is 7.85. The summed E-state index contributed by atoms with van der Waals surface area (Å²) in [5.74, 6) is 1.45. The molecule has 2 N–H and O–H groups in total. The average molecular weight is 367 g/mol. The first-order valence-electron chi connectivity index (χ1n) is 10.3. The van der Waals surface area contributed by atoms with E-state index in [0.717, 1.165) is 36.5 Å². The van der Waals surface area contributed by atoms with Gasteiger partial charge in [-0.2, -0.15) is 0 Å². The zero-order valence-corrected chi connectivity index (χ0v) is 15.9. The first-order valence-corrected chi connectivity index (χ1v) is 10.3. The van der Waals surface area contributed by atoms with Gasteiger partial charge in [0.1, 0.15) is 6.33 Å². The summed E-state index contributed by atoms with van der Waals surface area (Å²) in [7, 11) is 0. The standard InChI is InChI=1S/C21H29N5O/c27-21(19-9-5-4-6-17(19)12-16-10-11-22-13-16)23-14-20-25-24-15-26(20)18-7-2-1-3-8-18/h4-6,9,15-16,18,22H,1-3,7-8,10-14H2,(H,23,27). The number of rotatable bonds is 6. The van der Waals surface area contributed by atoms with E-state index in [9.17, 15) is 4.79 Å². The molecule has 1 aromatic heterocycles. The molecule has 1 unspecified atom stereocenters. The van der Waals surface area contributed by atoms with Crippen LogP contribution in [0.15, 0.2) is 30.6 Å². The molecule has 0 radical (unpaired) electrons. The van der Waals surface area contributed by atoms with E-state index in [2.05, 4.69) is 31.5 Å². The molecule has 2 aromatic rings. The molecular weight excluding hydrogens is 338 g/mol. The molecule has 1 saturated carbocycles. The van der Waals surface area contributed by atoms with Crippen molar-refractivity contribution >= 4 is 5.91 Å². The third-order valence-electron chi connectivity index (χ3n) is 5.96. The van der Waals surface area contributed by atoms with Crippen LogP contribution in [0, 0.1) is 5.92 Å². The van der Waals surface area contributed by atoms with E-state index in [4.69, 9.17) is 0 Å². The average Bonchev–Trinajstić information content (AvgIpc) is 3.39. The maximum absolute atomic E-state index is 12.8. The van der Waals surface area contributed by atoms with Gasteiger partial charge in [0.25, 0.3) is 5.91 Å². The first kappa shape index (κ1) is 18.2. The maximum atomic E-state index is 12.8. The highest BCUT2D eigenvalue weighted by Gasteiger charge is 2.21. The number of nitrogens with one attached hydrogen (secondary N) is 2. The second kappa shape index (κ2) is 8.65. The lowest BCUT2D eigenvalue weighted by Gasteiger charge is -2.24. The summed E-state index contributed by atoms with van der Waals surface area (Å²) in [6.45, 7) is 2.55. The Morgan fingerprint density at radius 1 is 1.19 bits per heavy atom. The summed E-state index contributed by atoms with van der Waals surface area (Å²) in [6.07, 6.45) is 10.1. The van der Waals surface area contributed by atoms with Crippen LogP contribution in [0.3, 0.4) is 0 Å². The van der Waals surface area contributed by atoms with E-state index in [1.165, 1.54) is 38.5 Å². The molecule has 1 aliphatic heterocycles. The second-order valence-electron chi connectivity index (χ2n) is 7.85. The van der Waals surface area contributed by atoms with E-state index < -0.39 is 0 Å². The summed E-state index contributed by atoms with van der Waals surface area (Å²) in [4.78, 5) is 12.8. The normalized spacial score (nSPS) is 20.7. The molecule has 6 heteroatoms. The predicted octanol–water partition coefficient (Wildman–Crippen LogP) is 2.87. The summed E-state index contributed by atoms with van der Waals surface area (Å²) >= 11 is 0. The molecule has 2 fully saturated rings. The van der Waals surface area contributed by atoms with Crippen LogP contribution in [-0.4, -0.2) is 33.8 Å². The van der Waals surface area contributed by atoms with Gasteiger partial charge in [0, 0.05) is 11.6 Å². The Morgan fingerprint density at radius 3 is 2.85 bits per heavy atom. The molecule has 2 heterocycles. The van der Waals surface area contributed by atoms with Crippen molar-refractivity contribution in [3.63, 3.8) is 0 Å². The quantitative estimate of drug-likeness (QED) is 0.823. The van der Waals surface area contributed by atoms with Crippen LogP contribution >= 0.6 is 0 Å². The molecule has 6 nitrogen and oxygen atoms in total. The molecule has 1 atom stereocenters. The zero-order chi connectivity index (χ0) is 18.5. The first-order chi connectivity index (χ1) is 13.3. The Labute approximate surface area is 160 Å². The van der Waals surface area contributed by atoms with Crippen LogP contribution in [0.2, 0.25) is 0 Å². The summed E-state index contributed by atoms with van der Waals surface area (Å²) < 4.78 is 2.16. The smallest absolute Gasteiger partial charge is 0.251 e. The van der Waals surface area contributed by atoms with Crippen LogP contribution in [0.4, 0.5) is 0 Å². The minimum absolute atomic E-state index is 0.0187. The lowest BCUT2D eigenvalue weighted by Crippen LogP contribution is -2.27. The Bertz CT molecular complexity index is 759. The molecule has 27 heavy (non-hydrogen) atoms. The lowest BCUT2D eigenvalue weighted by atomic mass is 9.94. The highest BCUT2D eigenvalue weighted by atomic mass is 16.1. The van der Waals surface area contributed by atoms with Gasteiger partial charge in [-0.3, -0.25) is 4.79 Å². The lowest BCUT2D eigenvalue weighted by molar-refractivity contribution is 0.0948. The minimum atomic E-state index is -0.0187. The molecule has 2 aliphatic rings. The van der Waals surface area contributed by atoms with Crippen LogP contribution in [0.5, 0.6) is 0 Å². The van der Waals surface area contributed by atoms with Crippen LogP contribution in [0.25, 0.3) is 0 Å². The van der Waals surface area contributed by atoms with Gasteiger partial charge in [-0.1, -0.05) is 37.5 Å². The van der Waals surface area contributed by atoms with Gasteiger partial charge >= 0.3 is 0 Å². The molecule has 1 amide bonds. The number of nitrogens with zero attached hydrogens (tertiary/aromatic N) is 3. The third kappa shape index (κ3) is 4.38. The molecular formula is C21H29N5O. The number of benzene rings is 1. The van der Waals surface area contributed by atoms with Gasteiger partial charge in [0.05, 0.1) is 6.54 Å². The van der Waals surface area contributed by atoms with Crippen molar-refractivity contribution in [2.45, 2.75) is 57.5 Å². The number of carbonyl (C=O) groups is 1. The van der Waals surface area contributed by atoms with Gasteiger partial charge in [-0.25, -0.2) is 0 Å². The van der Waals surface area contributed by atoms with Gasteiger partial charge in [0.2, 0.25) is 0 Å². The fraction of sp³-hybridized carbons (Fsp3) is 0.571. The molecule has 0 bridgehead atoms. The zero-order valence-electron chi connectivity index (χ0n) is 15.9. The Balaban J connectivity index is 1.41. The highest BCUT2D eigenvalue weighted by Crippen LogP contribution is 2.28. The van der Waals surface area contributed by atoms with Gasteiger partial charge in [0.15, 0.2) is 5.82 Å². The Hall–Kier alpha value is -2.21. The van der Waals surface area contributed by atoms with Crippen LogP contribution < -0.4 is 10.6 Å². The van der Waals surface area contributed by atoms with Crippen molar-refractivity contribution < 1.29 is 4.79 Å². The van der Waals surface area contributed by atoms with Crippen molar-refractivity contribution in [3.05, 3.63) is 47.5 Å². The Kier molecular flexibility index (Phi) is 5.82. The van der Waals surface area contributed by atoms with Crippen molar-refractivity contribution in [3.8, 4) is 0 Å². The van der Waals surface area contributed by atoms with Crippen molar-refractivity contribution in [2.75, 3.05) is 13.1 Å². The number of carbonyl (C=O) groups excluding carboxylic acids is 1. The van der Waals surface area contributed by atoms with Crippen molar-refractivity contribution in [2.24, 2.45) is 5.92 Å². The SMILES string of the molecule is O=C(NCc1nncn1C1CCCCC1)c1ccccc1CC1CCNC1. The maximum Gasteiger partial charge on any atom is 0.251 e. The molecule has 1 saturated heterocycles. The minimum Gasteiger partial charge on any atom is -0.345 e. The molecule has 1 aliphatic carbocycles. The van der Waals surface area contributed by atoms with Crippen molar-refractivity contribution in [1.82, 2.24) is 25.4 Å². The molecule has 1 aromatic carbocycles. The highest BCUT2D eigenvalue weighted by molar-refractivity contribution is 5.95. The summed E-state index contributed by atoms with van der Waals surface area (Å²) in [5.41, 5.74) is 1.92. The third-order valence-corrected chi connectivity index (χ3v) is 5.96. The summed E-state index contributed by atoms with van der Waals surface area (Å²) in [6, 6.07) is 8.45. The fourth-order valence-corrected chi connectivity index (χ4v) is 4.43. The molecule has 144 valence electrons. The largest absolute Gasteiger partial charge is 0.345 e. The monoisotopic (exact) mass is 367 g/mol. The van der Waals surface area contributed by atoms with Gasteiger partial charge in [-0.05, 0) is 56.3 Å². The van der Waals surface area contributed by atoms with Gasteiger partial charge in [-0.15, -0.1) is 10.2 Å². The van der Waals surface area contributed by atoms with E-state index >= 15 is 0 Å². The predicted molar refractivity (Wildman–Crippen MR) is 104 cm³/mol. The van der Waals surface area contributed by atoms with Crippen LogP contribution in [-0.2, 0) is 13.0 Å². The summed E-state index contributed by atoms with van der Waals surface area (Å²) in [5, 5.41) is 14.8. The van der Waals surface area contributed by atoms with Crippen molar-refractivity contribution in [1.29, 1.82) is 0 Å². The molecule has 0 spiro atoms. The fourth-order valence-electron chi connectivity index (χ4n) is 4.43. The van der Waals surface area contributed by atoms with E-state index in [-0.39, 0.29) is 5.91 Å². The van der Waals surface area contributed by atoms with E-state index in [1.807, 2.05) is 24.5 Å². The van der Waals surface area contributed by atoms with Crippen LogP contribution in [0.1, 0.15) is 66.3 Å². The number of hydrogen-bond donors (Lipinski definition) is 2. The number of hydrogen-bond acceptors (Lipinski definition) is 4. The Morgan fingerprint density at radius 2 is 2.04 bits per heavy atom. The van der Waals surface area contributed by atoms with E-state index in [0.29, 0.717) is 18.5 Å². The topological polar surface area (TPSA) is 71.8 Å². The van der Waals surface area contributed by atoms with Gasteiger partial charge < -0.3 is 15.2 Å². The molecule has 4 rings (SSSR count). The number of aromatic nitrogens is 3. The number of amides is 1.